The average Bonchev–Trinajstić information content (AvgIpc) is 3.05. The summed E-state index contributed by atoms with van der Waals surface area (Å²) in [5, 5.41) is 37.9. The third-order valence-electron chi connectivity index (χ3n) is 5.92. The number of rotatable bonds is 15. The van der Waals surface area contributed by atoms with E-state index in [2.05, 4.69) is 19.1 Å². The predicted octanol–water partition coefficient (Wildman–Crippen LogP) is 3.90. The highest BCUT2D eigenvalue weighted by Gasteiger charge is 2.38. The molecule has 0 aliphatic heterocycles. The Hall–Kier alpha value is -0.910. The Bertz CT molecular complexity index is 423. The number of carboxylic acids is 1. The molecule has 1 aliphatic rings. The van der Waals surface area contributed by atoms with Gasteiger partial charge in [0, 0.05) is 0 Å². The average molecular weight is 385 g/mol. The number of aliphatic hydroxyl groups excluding tert-OH is 3. The number of allylic oxidation sites excluding steroid dienone is 2. The van der Waals surface area contributed by atoms with Gasteiger partial charge in [-0.15, -0.1) is 0 Å². The van der Waals surface area contributed by atoms with Crippen LogP contribution in [0, 0.1) is 17.8 Å². The Kier molecular flexibility index (Phi) is 12.6. The van der Waals surface area contributed by atoms with Crippen molar-refractivity contribution in [2.45, 2.75) is 96.2 Å². The maximum absolute atomic E-state index is 11.6. The predicted molar refractivity (Wildman–Crippen MR) is 107 cm³/mol. The van der Waals surface area contributed by atoms with Crippen LogP contribution in [0.5, 0.6) is 0 Å². The topological polar surface area (TPSA) is 98.0 Å². The van der Waals surface area contributed by atoms with E-state index in [0.717, 1.165) is 25.7 Å². The van der Waals surface area contributed by atoms with Crippen LogP contribution in [0.4, 0.5) is 0 Å². The van der Waals surface area contributed by atoms with Crippen LogP contribution in [0.3, 0.4) is 0 Å². The van der Waals surface area contributed by atoms with E-state index in [4.69, 9.17) is 5.11 Å². The SMILES string of the molecule is CCCCCCC=C[C@H]1CCC(C(=O)O)[C@@H]1CCC(O)CCCC(O)CO. The molecule has 0 radical (unpaired) electrons. The second kappa shape index (κ2) is 14.1. The molecule has 0 amide bonds. The lowest BCUT2D eigenvalue weighted by Crippen LogP contribution is -2.23. The largest absolute Gasteiger partial charge is 0.481 e. The number of aliphatic carboxylic acids is 1. The Morgan fingerprint density at radius 1 is 1.04 bits per heavy atom. The van der Waals surface area contributed by atoms with Crippen LogP contribution in [-0.2, 0) is 4.79 Å². The molecular formula is C22H40O5. The third kappa shape index (κ3) is 9.72. The fourth-order valence-corrected chi connectivity index (χ4v) is 4.23. The smallest absolute Gasteiger partial charge is 0.306 e. The zero-order valence-corrected chi connectivity index (χ0v) is 16.9. The molecule has 0 spiro atoms. The number of hydrogen-bond donors (Lipinski definition) is 4. The molecule has 1 saturated carbocycles. The van der Waals surface area contributed by atoms with Crippen LogP contribution >= 0.6 is 0 Å². The molecule has 4 N–H and O–H groups in total. The van der Waals surface area contributed by atoms with Gasteiger partial charge in [-0.05, 0) is 69.6 Å². The zero-order chi connectivity index (χ0) is 20.1. The molecule has 0 heterocycles. The molecule has 0 aromatic rings. The summed E-state index contributed by atoms with van der Waals surface area (Å²) < 4.78 is 0. The van der Waals surface area contributed by atoms with Gasteiger partial charge in [-0.1, -0.05) is 38.3 Å². The van der Waals surface area contributed by atoms with E-state index in [0.29, 0.717) is 31.6 Å². The number of carboxylic acid groups (broad SMARTS) is 1. The van der Waals surface area contributed by atoms with Crippen molar-refractivity contribution >= 4 is 5.97 Å². The normalized spacial score (nSPS) is 25.1. The Morgan fingerprint density at radius 2 is 1.78 bits per heavy atom. The van der Waals surface area contributed by atoms with Crippen molar-refractivity contribution in [3.8, 4) is 0 Å². The lowest BCUT2D eigenvalue weighted by atomic mass is 9.84. The minimum Gasteiger partial charge on any atom is -0.481 e. The third-order valence-corrected chi connectivity index (χ3v) is 5.92. The quantitative estimate of drug-likeness (QED) is 0.253. The maximum Gasteiger partial charge on any atom is 0.306 e. The maximum atomic E-state index is 11.6. The van der Waals surface area contributed by atoms with Crippen molar-refractivity contribution < 1.29 is 25.2 Å². The molecule has 1 aliphatic carbocycles. The van der Waals surface area contributed by atoms with Gasteiger partial charge in [0.25, 0.3) is 0 Å². The number of carbonyl (C=O) groups is 1. The molecule has 5 nitrogen and oxygen atoms in total. The first-order valence-electron chi connectivity index (χ1n) is 10.9. The molecule has 5 heteroatoms. The van der Waals surface area contributed by atoms with Crippen LogP contribution in [0.15, 0.2) is 12.2 Å². The van der Waals surface area contributed by atoms with Gasteiger partial charge in [-0.2, -0.15) is 0 Å². The molecule has 0 bridgehead atoms. The number of unbranched alkanes of at least 4 members (excludes halogenated alkanes) is 4. The van der Waals surface area contributed by atoms with Crippen LogP contribution in [-0.4, -0.2) is 45.2 Å². The van der Waals surface area contributed by atoms with Gasteiger partial charge in [0.1, 0.15) is 0 Å². The van der Waals surface area contributed by atoms with E-state index < -0.39 is 18.2 Å². The van der Waals surface area contributed by atoms with E-state index in [1.54, 1.807) is 0 Å². The minimum atomic E-state index is -0.713. The first-order valence-corrected chi connectivity index (χ1v) is 10.9. The van der Waals surface area contributed by atoms with Crippen molar-refractivity contribution in [1.82, 2.24) is 0 Å². The van der Waals surface area contributed by atoms with E-state index >= 15 is 0 Å². The van der Waals surface area contributed by atoms with Gasteiger partial charge in [-0.25, -0.2) is 0 Å². The summed E-state index contributed by atoms with van der Waals surface area (Å²) in [5.41, 5.74) is 0. The molecule has 0 aromatic heterocycles. The highest BCUT2D eigenvalue weighted by molar-refractivity contribution is 5.70. The lowest BCUT2D eigenvalue weighted by Gasteiger charge is -2.22. The summed E-state index contributed by atoms with van der Waals surface area (Å²) in [6.45, 7) is 1.96. The number of aliphatic hydroxyl groups is 3. The number of hydrogen-bond acceptors (Lipinski definition) is 4. The van der Waals surface area contributed by atoms with Crippen molar-refractivity contribution in [2.75, 3.05) is 6.61 Å². The second-order valence-corrected chi connectivity index (χ2v) is 8.13. The van der Waals surface area contributed by atoms with Crippen LogP contribution in [0.2, 0.25) is 0 Å². The lowest BCUT2D eigenvalue weighted by molar-refractivity contribution is -0.143. The van der Waals surface area contributed by atoms with E-state index in [1.807, 2.05) is 0 Å². The van der Waals surface area contributed by atoms with Crippen LogP contribution < -0.4 is 0 Å². The van der Waals surface area contributed by atoms with E-state index in [1.165, 1.54) is 25.7 Å². The molecule has 27 heavy (non-hydrogen) atoms. The molecule has 3 unspecified atom stereocenters. The fraction of sp³-hybridized carbons (Fsp3) is 0.864. The highest BCUT2D eigenvalue weighted by Crippen LogP contribution is 2.41. The minimum absolute atomic E-state index is 0.104. The Balaban J connectivity index is 2.42. The van der Waals surface area contributed by atoms with E-state index in [-0.39, 0.29) is 18.4 Å². The van der Waals surface area contributed by atoms with Gasteiger partial charge in [0.2, 0.25) is 0 Å². The summed E-state index contributed by atoms with van der Waals surface area (Å²) in [7, 11) is 0. The fourth-order valence-electron chi connectivity index (χ4n) is 4.23. The van der Waals surface area contributed by atoms with E-state index in [9.17, 15) is 20.1 Å². The van der Waals surface area contributed by atoms with Crippen LogP contribution in [0.25, 0.3) is 0 Å². The van der Waals surface area contributed by atoms with Crippen molar-refractivity contribution in [3.05, 3.63) is 12.2 Å². The van der Waals surface area contributed by atoms with Crippen molar-refractivity contribution in [2.24, 2.45) is 17.8 Å². The summed E-state index contributed by atoms with van der Waals surface area (Å²) in [4.78, 5) is 11.6. The molecule has 0 aromatic carbocycles. The highest BCUT2D eigenvalue weighted by atomic mass is 16.4. The Labute approximate surface area is 164 Å². The molecule has 158 valence electrons. The van der Waals surface area contributed by atoms with Gasteiger partial charge in [0.05, 0.1) is 24.7 Å². The molecule has 1 fully saturated rings. The molecule has 1 rings (SSSR count). The van der Waals surface area contributed by atoms with Gasteiger partial charge >= 0.3 is 5.97 Å². The molecule has 5 atom stereocenters. The standard InChI is InChI=1S/C22H40O5/c1-2-3-4-5-6-7-9-17-12-14-21(22(26)27)20(17)15-13-18(24)10-8-11-19(25)16-23/h7,9,17-21,23-25H,2-6,8,10-16H2,1H3,(H,26,27)/t17-,18?,19?,20+,21?/m0/s1. The first-order chi connectivity index (χ1) is 13.0. The summed E-state index contributed by atoms with van der Waals surface area (Å²) in [5.74, 6) is -0.602. The summed E-state index contributed by atoms with van der Waals surface area (Å²) in [6, 6.07) is 0. The zero-order valence-electron chi connectivity index (χ0n) is 16.9. The monoisotopic (exact) mass is 384 g/mol. The Morgan fingerprint density at radius 3 is 2.44 bits per heavy atom. The van der Waals surface area contributed by atoms with Gasteiger partial charge in [0.15, 0.2) is 0 Å². The van der Waals surface area contributed by atoms with Gasteiger partial charge in [-0.3, -0.25) is 4.79 Å². The summed E-state index contributed by atoms with van der Waals surface area (Å²) in [6.07, 6.45) is 14.0. The summed E-state index contributed by atoms with van der Waals surface area (Å²) >= 11 is 0. The van der Waals surface area contributed by atoms with Gasteiger partial charge < -0.3 is 20.4 Å². The van der Waals surface area contributed by atoms with Crippen molar-refractivity contribution in [3.63, 3.8) is 0 Å². The molecular weight excluding hydrogens is 344 g/mol. The molecule has 0 saturated heterocycles. The van der Waals surface area contributed by atoms with Crippen molar-refractivity contribution in [1.29, 1.82) is 0 Å². The van der Waals surface area contributed by atoms with Crippen LogP contribution in [0.1, 0.15) is 84.0 Å². The first kappa shape index (κ1) is 24.1. The second-order valence-electron chi connectivity index (χ2n) is 8.13.